The molecule has 1 aliphatic rings. The van der Waals surface area contributed by atoms with Crippen LogP contribution in [0.25, 0.3) is 0 Å². The van der Waals surface area contributed by atoms with Crippen molar-refractivity contribution in [3.05, 3.63) is 12.2 Å². The van der Waals surface area contributed by atoms with Gasteiger partial charge in [-0.15, -0.1) is 0 Å². The SMILES string of the molecule is CC(NC(=O)C1CCSC1)c1ncn[nH]1. The van der Waals surface area contributed by atoms with E-state index in [2.05, 4.69) is 20.5 Å². The van der Waals surface area contributed by atoms with Crippen LogP contribution in [0, 0.1) is 5.92 Å². The maximum absolute atomic E-state index is 11.8. The van der Waals surface area contributed by atoms with Gasteiger partial charge in [0, 0.05) is 11.7 Å². The number of amides is 1. The number of aromatic nitrogens is 3. The topological polar surface area (TPSA) is 70.7 Å². The summed E-state index contributed by atoms with van der Waals surface area (Å²) in [5.74, 6) is 3.03. The average Bonchev–Trinajstić information content (AvgIpc) is 2.91. The van der Waals surface area contributed by atoms with Crippen molar-refractivity contribution < 1.29 is 4.79 Å². The van der Waals surface area contributed by atoms with E-state index in [1.165, 1.54) is 6.33 Å². The summed E-state index contributed by atoms with van der Waals surface area (Å²) < 4.78 is 0. The zero-order valence-electron chi connectivity index (χ0n) is 8.56. The quantitative estimate of drug-likeness (QED) is 0.797. The van der Waals surface area contributed by atoms with Gasteiger partial charge in [0.15, 0.2) is 0 Å². The summed E-state index contributed by atoms with van der Waals surface area (Å²) >= 11 is 1.84. The molecule has 0 aromatic carbocycles. The molecule has 82 valence electrons. The molecule has 0 bridgehead atoms. The molecule has 2 unspecified atom stereocenters. The first kappa shape index (κ1) is 10.5. The van der Waals surface area contributed by atoms with Crippen LogP contribution in [-0.2, 0) is 4.79 Å². The lowest BCUT2D eigenvalue weighted by molar-refractivity contribution is -0.124. The monoisotopic (exact) mass is 226 g/mol. The van der Waals surface area contributed by atoms with Crippen LogP contribution in [0.15, 0.2) is 6.33 Å². The van der Waals surface area contributed by atoms with E-state index in [4.69, 9.17) is 0 Å². The van der Waals surface area contributed by atoms with Gasteiger partial charge in [0.2, 0.25) is 5.91 Å². The fraction of sp³-hybridized carbons (Fsp3) is 0.667. The fourth-order valence-corrected chi connectivity index (χ4v) is 2.78. The molecular weight excluding hydrogens is 212 g/mol. The Labute approximate surface area is 92.4 Å². The Morgan fingerprint density at radius 3 is 3.27 bits per heavy atom. The number of nitrogens with zero attached hydrogens (tertiary/aromatic N) is 2. The zero-order chi connectivity index (χ0) is 10.7. The van der Waals surface area contributed by atoms with Gasteiger partial charge in [-0.2, -0.15) is 16.9 Å². The van der Waals surface area contributed by atoms with Crippen LogP contribution < -0.4 is 5.32 Å². The molecule has 2 N–H and O–H groups in total. The summed E-state index contributed by atoms with van der Waals surface area (Å²) in [6.45, 7) is 1.90. The number of nitrogens with one attached hydrogen (secondary N) is 2. The molecule has 1 amide bonds. The van der Waals surface area contributed by atoms with E-state index >= 15 is 0 Å². The number of rotatable bonds is 3. The maximum atomic E-state index is 11.8. The largest absolute Gasteiger partial charge is 0.346 e. The highest BCUT2D eigenvalue weighted by molar-refractivity contribution is 7.99. The van der Waals surface area contributed by atoms with Gasteiger partial charge in [0.1, 0.15) is 12.2 Å². The molecule has 5 nitrogen and oxygen atoms in total. The summed E-state index contributed by atoms with van der Waals surface area (Å²) in [7, 11) is 0. The highest BCUT2D eigenvalue weighted by atomic mass is 32.2. The fourth-order valence-electron chi connectivity index (χ4n) is 1.56. The Kier molecular flexibility index (Phi) is 3.25. The highest BCUT2D eigenvalue weighted by Gasteiger charge is 2.24. The second-order valence-corrected chi connectivity index (χ2v) is 4.81. The normalized spacial score (nSPS) is 22.6. The molecule has 1 aliphatic heterocycles. The van der Waals surface area contributed by atoms with Crippen molar-refractivity contribution in [3.8, 4) is 0 Å². The lowest BCUT2D eigenvalue weighted by atomic mass is 10.1. The number of carbonyl (C=O) groups is 1. The summed E-state index contributed by atoms with van der Waals surface area (Å²) in [5, 5.41) is 9.45. The average molecular weight is 226 g/mol. The van der Waals surface area contributed by atoms with Crippen molar-refractivity contribution in [3.63, 3.8) is 0 Å². The first-order valence-corrected chi connectivity index (χ1v) is 6.16. The van der Waals surface area contributed by atoms with Gasteiger partial charge in [0.25, 0.3) is 0 Å². The molecule has 0 radical (unpaired) electrons. The van der Waals surface area contributed by atoms with Crippen LogP contribution in [0.3, 0.4) is 0 Å². The lowest BCUT2D eigenvalue weighted by Crippen LogP contribution is -2.33. The molecule has 0 spiro atoms. The van der Waals surface area contributed by atoms with E-state index < -0.39 is 0 Å². The summed E-state index contributed by atoms with van der Waals surface area (Å²) in [6, 6.07) is -0.0920. The van der Waals surface area contributed by atoms with Gasteiger partial charge in [-0.3, -0.25) is 9.89 Å². The Morgan fingerprint density at radius 2 is 2.67 bits per heavy atom. The molecule has 2 atom stereocenters. The van der Waals surface area contributed by atoms with Gasteiger partial charge in [0.05, 0.1) is 6.04 Å². The Bertz CT molecular complexity index is 321. The minimum absolute atomic E-state index is 0.0920. The number of hydrogen-bond donors (Lipinski definition) is 2. The minimum atomic E-state index is -0.0920. The Hall–Kier alpha value is -1.04. The van der Waals surface area contributed by atoms with Crippen LogP contribution in [-0.4, -0.2) is 32.6 Å². The maximum Gasteiger partial charge on any atom is 0.224 e. The molecule has 1 aromatic rings. The number of H-pyrrole nitrogens is 1. The first-order chi connectivity index (χ1) is 7.27. The van der Waals surface area contributed by atoms with Crippen molar-refractivity contribution in [1.82, 2.24) is 20.5 Å². The molecule has 0 saturated carbocycles. The molecule has 1 saturated heterocycles. The van der Waals surface area contributed by atoms with E-state index in [1.54, 1.807) is 0 Å². The zero-order valence-corrected chi connectivity index (χ0v) is 9.38. The van der Waals surface area contributed by atoms with E-state index in [-0.39, 0.29) is 17.9 Å². The third-order valence-electron chi connectivity index (χ3n) is 2.50. The molecule has 0 aliphatic carbocycles. The molecule has 2 rings (SSSR count). The van der Waals surface area contributed by atoms with Gasteiger partial charge < -0.3 is 5.32 Å². The third kappa shape index (κ3) is 2.50. The van der Waals surface area contributed by atoms with Gasteiger partial charge in [-0.05, 0) is 19.1 Å². The molecule has 1 fully saturated rings. The number of carbonyl (C=O) groups excluding carboxylic acids is 1. The van der Waals surface area contributed by atoms with E-state index in [0.717, 1.165) is 17.9 Å². The second kappa shape index (κ2) is 4.65. The molecule has 1 aromatic heterocycles. The van der Waals surface area contributed by atoms with E-state index in [9.17, 15) is 4.79 Å². The van der Waals surface area contributed by atoms with Crippen LogP contribution in [0.1, 0.15) is 25.2 Å². The van der Waals surface area contributed by atoms with Crippen LogP contribution in [0.2, 0.25) is 0 Å². The molecule has 2 heterocycles. The second-order valence-electron chi connectivity index (χ2n) is 3.66. The van der Waals surface area contributed by atoms with Crippen molar-refractivity contribution >= 4 is 17.7 Å². The molecule has 15 heavy (non-hydrogen) atoms. The number of thioether (sulfide) groups is 1. The van der Waals surface area contributed by atoms with Crippen molar-refractivity contribution in [1.29, 1.82) is 0 Å². The molecular formula is C9H14N4OS. The van der Waals surface area contributed by atoms with Crippen molar-refractivity contribution in [2.45, 2.75) is 19.4 Å². The first-order valence-electron chi connectivity index (χ1n) is 5.00. The Balaban J connectivity index is 1.88. The highest BCUT2D eigenvalue weighted by Crippen LogP contribution is 2.24. The van der Waals surface area contributed by atoms with Crippen molar-refractivity contribution in [2.24, 2.45) is 5.92 Å². The number of aromatic amines is 1. The third-order valence-corrected chi connectivity index (χ3v) is 3.67. The predicted octanol–water partition coefficient (Wildman–Crippen LogP) is 0.735. The van der Waals surface area contributed by atoms with Gasteiger partial charge in [-0.25, -0.2) is 4.98 Å². The molecule has 6 heteroatoms. The number of hydrogen-bond acceptors (Lipinski definition) is 4. The van der Waals surface area contributed by atoms with Crippen LogP contribution >= 0.6 is 11.8 Å². The minimum Gasteiger partial charge on any atom is -0.346 e. The van der Waals surface area contributed by atoms with E-state index in [0.29, 0.717) is 5.82 Å². The van der Waals surface area contributed by atoms with E-state index in [1.807, 2.05) is 18.7 Å². The van der Waals surface area contributed by atoms with Gasteiger partial charge >= 0.3 is 0 Å². The summed E-state index contributed by atoms with van der Waals surface area (Å²) in [4.78, 5) is 15.8. The lowest BCUT2D eigenvalue weighted by Gasteiger charge is -2.14. The standard InChI is InChI=1S/C9H14N4OS/c1-6(8-10-5-11-13-8)12-9(14)7-2-3-15-4-7/h5-7H,2-4H2,1H3,(H,12,14)(H,10,11,13). The smallest absolute Gasteiger partial charge is 0.224 e. The predicted molar refractivity (Wildman–Crippen MR) is 58.4 cm³/mol. The summed E-state index contributed by atoms with van der Waals surface area (Å²) in [6.07, 6.45) is 2.43. The van der Waals surface area contributed by atoms with Crippen LogP contribution in [0.4, 0.5) is 0 Å². The van der Waals surface area contributed by atoms with Crippen molar-refractivity contribution in [2.75, 3.05) is 11.5 Å². The Morgan fingerprint density at radius 1 is 1.80 bits per heavy atom. The van der Waals surface area contributed by atoms with Gasteiger partial charge in [-0.1, -0.05) is 0 Å². The summed E-state index contributed by atoms with van der Waals surface area (Å²) in [5.41, 5.74) is 0. The van der Waals surface area contributed by atoms with Crippen LogP contribution in [0.5, 0.6) is 0 Å².